The summed E-state index contributed by atoms with van der Waals surface area (Å²) in [5.74, 6) is -0.0448. The lowest BCUT2D eigenvalue weighted by atomic mass is 9.96. The first-order valence-electron chi connectivity index (χ1n) is 7.54. The van der Waals surface area contributed by atoms with Crippen LogP contribution in [0.2, 0.25) is 5.02 Å². The summed E-state index contributed by atoms with van der Waals surface area (Å²) in [6.07, 6.45) is 2.14. The average Bonchev–Trinajstić information content (AvgIpc) is 2.52. The van der Waals surface area contributed by atoms with Crippen molar-refractivity contribution in [3.8, 4) is 0 Å². The molecule has 0 bridgehead atoms. The SMILES string of the molecule is CC1CCc2ccccc2N1CC(=O)Nc1ccccc1Cl. The molecule has 1 amide bonds. The largest absolute Gasteiger partial charge is 0.359 e. The van der Waals surface area contributed by atoms with E-state index in [-0.39, 0.29) is 5.91 Å². The van der Waals surface area contributed by atoms with Gasteiger partial charge in [0, 0.05) is 11.7 Å². The van der Waals surface area contributed by atoms with Crippen molar-refractivity contribution in [2.75, 3.05) is 16.8 Å². The molecule has 1 atom stereocenters. The minimum Gasteiger partial charge on any atom is -0.359 e. The van der Waals surface area contributed by atoms with E-state index in [1.54, 1.807) is 6.07 Å². The zero-order valence-electron chi connectivity index (χ0n) is 12.6. The molecule has 3 rings (SSSR count). The monoisotopic (exact) mass is 314 g/mol. The molecule has 2 aromatic carbocycles. The zero-order chi connectivity index (χ0) is 15.5. The minimum absolute atomic E-state index is 0.0448. The van der Waals surface area contributed by atoms with Gasteiger partial charge in [-0.3, -0.25) is 4.79 Å². The normalized spacial score (nSPS) is 17.0. The van der Waals surface area contributed by atoms with Crippen LogP contribution in [0, 0.1) is 0 Å². The summed E-state index contributed by atoms with van der Waals surface area (Å²) in [6, 6.07) is 16.0. The van der Waals surface area contributed by atoms with E-state index in [4.69, 9.17) is 11.6 Å². The first kappa shape index (κ1) is 14.9. The van der Waals surface area contributed by atoms with E-state index >= 15 is 0 Å². The van der Waals surface area contributed by atoms with Gasteiger partial charge in [0.1, 0.15) is 0 Å². The van der Waals surface area contributed by atoms with E-state index in [9.17, 15) is 4.79 Å². The molecule has 3 nitrogen and oxygen atoms in total. The van der Waals surface area contributed by atoms with Gasteiger partial charge in [-0.15, -0.1) is 0 Å². The second-order valence-electron chi connectivity index (χ2n) is 5.67. The Kier molecular flexibility index (Phi) is 4.34. The fourth-order valence-electron chi connectivity index (χ4n) is 2.91. The number of carbonyl (C=O) groups excluding carboxylic acids is 1. The van der Waals surface area contributed by atoms with Gasteiger partial charge in [0.15, 0.2) is 0 Å². The predicted octanol–water partition coefficient (Wildman–Crippen LogP) is 4.12. The van der Waals surface area contributed by atoms with Crippen molar-refractivity contribution in [2.24, 2.45) is 0 Å². The molecular formula is C18H19ClN2O. The van der Waals surface area contributed by atoms with Crippen LogP contribution < -0.4 is 10.2 Å². The van der Waals surface area contributed by atoms with Crippen LogP contribution in [0.3, 0.4) is 0 Å². The summed E-state index contributed by atoms with van der Waals surface area (Å²) in [7, 11) is 0. The lowest BCUT2D eigenvalue weighted by molar-refractivity contribution is -0.115. The topological polar surface area (TPSA) is 32.3 Å². The van der Waals surface area contributed by atoms with E-state index in [2.05, 4.69) is 35.3 Å². The highest BCUT2D eigenvalue weighted by atomic mass is 35.5. The number of para-hydroxylation sites is 2. The van der Waals surface area contributed by atoms with E-state index in [0.29, 0.717) is 23.3 Å². The molecule has 22 heavy (non-hydrogen) atoms. The molecule has 1 unspecified atom stereocenters. The van der Waals surface area contributed by atoms with Crippen molar-refractivity contribution in [1.29, 1.82) is 0 Å². The molecule has 0 saturated heterocycles. The van der Waals surface area contributed by atoms with Crippen molar-refractivity contribution >= 4 is 28.9 Å². The molecule has 1 N–H and O–H groups in total. The van der Waals surface area contributed by atoms with Gasteiger partial charge in [-0.05, 0) is 43.5 Å². The van der Waals surface area contributed by atoms with Crippen molar-refractivity contribution in [1.82, 2.24) is 0 Å². The third kappa shape index (κ3) is 3.09. The maximum Gasteiger partial charge on any atom is 0.243 e. The van der Waals surface area contributed by atoms with Gasteiger partial charge < -0.3 is 10.2 Å². The lowest BCUT2D eigenvalue weighted by Crippen LogP contribution is -2.42. The minimum atomic E-state index is -0.0448. The molecule has 114 valence electrons. The summed E-state index contributed by atoms with van der Waals surface area (Å²) in [4.78, 5) is 14.5. The van der Waals surface area contributed by atoms with Crippen molar-refractivity contribution < 1.29 is 4.79 Å². The van der Waals surface area contributed by atoms with E-state index in [1.807, 2.05) is 24.3 Å². The lowest BCUT2D eigenvalue weighted by Gasteiger charge is -2.36. The fourth-order valence-corrected chi connectivity index (χ4v) is 3.09. The second kappa shape index (κ2) is 6.41. The highest BCUT2D eigenvalue weighted by molar-refractivity contribution is 6.33. The molecule has 1 aliphatic rings. The van der Waals surface area contributed by atoms with Crippen LogP contribution in [-0.2, 0) is 11.2 Å². The Morgan fingerprint density at radius 1 is 1.23 bits per heavy atom. The summed E-state index contributed by atoms with van der Waals surface area (Å²) in [5, 5.41) is 3.45. The number of hydrogen-bond acceptors (Lipinski definition) is 2. The number of aryl methyl sites for hydroxylation is 1. The molecule has 0 radical (unpaired) electrons. The Morgan fingerprint density at radius 3 is 2.77 bits per heavy atom. The standard InChI is InChI=1S/C18H19ClN2O/c1-13-10-11-14-6-2-5-9-17(14)21(13)12-18(22)20-16-8-4-3-7-15(16)19/h2-9,13H,10-12H2,1H3,(H,20,22). The zero-order valence-corrected chi connectivity index (χ0v) is 13.3. The van der Waals surface area contributed by atoms with Gasteiger partial charge in [-0.25, -0.2) is 0 Å². The highest BCUT2D eigenvalue weighted by Gasteiger charge is 2.24. The Bertz CT molecular complexity index is 686. The third-order valence-corrected chi connectivity index (χ3v) is 4.46. The Labute approximate surface area is 135 Å². The number of hydrogen-bond donors (Lipinski definition) is 1. The molecule has 1 heterocycles. The van der Waals surface area contributed by atoms with Gasteiger partial charge in [-0.2, -0.15) is 0 Å². The number of rotatable bonds is 3. The van der Waals surface area contributed by atoms with Gasteiger partial charge in [-0.1, -0.05) is 41.9 Å². The number of halogens is 1. The molecule has 0 saturated carbocycles. The summed E-state index contributed by atoms with van der Waals surface area (Å²) in [6.45, 7) is 2.50. The average molecular weight is 315 g/mol. The quantitative estimate of drug-likeness (QED) is 0.924. The first-order chi connectivity index (χ1) is 10.6. The molecular weight excluding hydrogens is 296 g/mol. The molecule has 1 aliphatic heterocycles. The van der Waals surface area contributed by atoms with Gasteiger partial charge in [0.25, 0.3) is 0 Å². The molecule has 0 fully saturated rings. The van der Waals surface area contributed by atoms with Gasteiger partial charge in [0.05, 0.1) is 17.3 Å². The molecule has 4 heteroatoms. The Hall–Kier alpha value is -2.00. The van der Waals surface area contributed by atoms with Crippen LogP contribution in [-0.4, -0.2) is 18.5 Å². The Balaban J connectivity index is 1.75. The number of anilines is 2. The van der Waals surface area contributed by atoms with Crippen LogP contribution in [0.25, 0.3) is 0 Å². The van der Waals surface area contributed by atoms with E-state index < -0.39 is 0 Å². The highest BCUT2D eigenvalue weighted by Crippen LogP contribution is 2.30. The van der Waals surface area contributed by atoms with E-state index in [1.165, 1.54) is 5.56 Å². The summed E-state index contributed by atoms with van der Waals surface area (Å²) < 4.78 is 0. The molecule has 0 aliphatic carbocycles. The van der Waals surface area contributed by atoms with Crippen molar-refractivity contribution in [3.63, 3.8) is 0 Å². The number of carbonyl (C=O) groups is 1. The molecule has 2 aromatic rings. The number of benzene rings is 2. The van der Waals surface area contributed by atoms with Crippen molar-refractivity contribution in [3.05, 3.63) is 59.1 Å². The van der Waals surface area contributed by atoms with Gasteiger partial charge >= 0.3 is 0 Å². The number of nitrogens with zero attached hydrogens (tertiary/aromatic N) is 1. The van der Waals surface area contributed by atoms with Crippen molar-refractivity contribution in [2.45, 2.75) is 25.8 Å². The maximum absolute atomic E-state index is 12.4. The van der Waals surface area contributed by atoms with Gasteiger partial charge in [0.2, 0.25) is 5.91 Å². The maximum atomic E-state index is 12.4. The first-order valence-corrected chi connectivity index (χ1v) is 7.92. The van der Waals surface area contributed by atoms with Crippen LogP contribution in [0.4, 0.5) is 11.4 Å². The molecule has 0 spiro atoms. The predicted molar refractivity (Wildman–Crippen MR) is 91.7 cm³/mol. The third-order valence-electron chi connectivity index (χ3n) is 4.13. The number of nitrogens with one attached hydrogen (secondary N) is 1. The van der Waals surface area contributed by atoms with Crippen LogP contribution in [0.15, 0.2) is 48.5 Å². The summed E-state index contributed by atoms with van der Waals surface area (Å²) in [5.41, 5.74) is 3.13. The number of amides is 1. The Morgan fingerprint density at radius 2 is 1.95 bits per heavy atom. The van der Waals surface area contributed by atoms with Crippen LogP contribution >= 0.6 is 11.6 Å². The molecule has 0 aromatic heterocycles. The van der Waals surface area contributed by atoms with Crippen LogP contribution in [0.1, 0.15) is 18.9 Å². The van der Waals surface area contributed by atoms with E-state index in [0.717, 1.165) is 18.5 Å². The number of fused-ring (bicyclic) bond motifs is 1. The van der Waals surface area contributed by atoms with Crippen LogP contribution in [0.5, 0.6) is 0 Å². The fraction of sp³-hybridized carbons (Fsp3) is 0.278. The summed E-state index contributed by atoms with van der Waals surface area (Å²) >= 11 is 6.09. The second-order valence-corrected chi connectivity index (χ2v) is 6.08. The smallest absolute Gasteiger partial charge is 0.243 e.